The summed E-state index contributed by atoms with van der Waals surface area (Å²) in [5.41, 5.74) is 3.23. The van der Waals surface area contributed by atoms with Gasteiger partial charge in [-0.25, -0.2) is 8.78 Å². The molecule has 136 valence electrons. The third-order valence-electron chi connectivity index (χ3n) is 4.30. The van der Waals surface area contributed by atoms with Crippen LogP contribution >= 0.6 is 12.4 Å². The van der Waals surface area contributed by atoms with Gasteiger partial charge < -0.3 is 10.1 Å². The fourth-order valence-corrected chi connectivity index (χ4v) is 2.96. The van der Waals surface area contributed by atoms with Crippen molar-refractivity contribution < 1.29 is 13.5 Å². The number of nitrogens with one attached hydrogen (secondary N) is 2. The van der Waals surface area contributed by atoms with E-state index in [0.717, 1.165) is 17.7 Å². The number of rotatable bonds is 3. The molecule has 1 aromatic heterocycles. The van der Waals surface area contributed by atoms with E-state index in [4.69, 9.17) is 4.74 Å². The Morgan fingerprint density at radius 3 is 2.54 bits per heavy atom. The molecule has 2 heterocycles. The lowest BCUT2D eigenvalue weighted by Crippen LogP contribution is -2.33. The number of hydrogen-bond acceptors (Lipinski definition) is 3. The smallest absolute Gasteiger partial charge is 0.133 e. The first kappa shape index (κ1) is 18.5. The van der Waals surface area contributed by atoms with Gasteiger partial charge >= 0.3 is 0 Å². The van der Waals surface area contributed by atoms with E-state index in [-0.39, 0.29) is 30.1 Å². The van der Waals surface area contributed by atoms with E-state index in [1.165, 1.54) is 18.2 Å². The van der Waals surface area contributed by atoms with Gasteiger partial charge in [0.1, 0.15) is 11.6 Å². The number of aromatic amines is 1. The minimum absolute atomic E-state index is 0. The Hall–Kier alpha value is -2.28. The molecule has 1 aliphatic rings. The maximum atomic E-state index is 14.6. The fourth-order valence-electron chi connectivity index (χ4n) is 2.96. The second-order valence-electron chi connectivity index (χ2n) is 5.98. The quantitative estimate of drug-likeness (QED) is 0.722. The molecule has 0 bridgehead atoms. The third-order valence-corrected chi connectivity index (χ3v) is 4.30. The van der Waals surface area contributed by atoms with Crippen LogP contribution in [0.25, 0.3) is 22.5 Å². The number of benzene rings is 2. The SMILES string of the molecule is Cl.Fc1ccc(-c2cc(-c3ccc(C4CNCCO4)cc3F)n[nH]2)cc1. The molecule has 2 N–H and O–H groups in total. The minimum atomic E-state index is -0.344. The van der Waals surface area contributed by atoms with E-state index < -0.39 is 0 Å². The van der Waals surface area contributed by atoms with E-state index >= 15 is 0 Å². The monoisotopic (exact) mass is 377 g/mol. The summed E-state index contributed by atoms with van der Waals surface area (Å²) in [5.74, 6) is -0.645. The largest absolute Gasteiger partial charge is 0.371 e. The topological polar surface area (TPSA) is 49.9 Å². The van der Waals surface area contributed by atoms with Crippen LogP contribution in [0.5, 0.6) is 0 Å². The van der Waals surface area contributed by atoms with Crippen LogP contribution in [0.1, 0.15) is 11.7 Å². The Morgan fingerprint density at radius 2 is 1.85 bits per heavy atom. The Kier molecular flexibility index (Phi) is 5.66. The molecule has 1 saturated heterocycles. The molecular weight excluding hydrogens is 360 g/mol. The number of aromatic nitrogens is 2. The molecule has 26 heavy (non-hydrogen) atoms. The zero-order chi connectivity index (χ0) is 17.2. The van der Waals surface area contributed by atoms with Gasteiger partial charge in [0.25, 0.3) is 0 Å². The normalized spacial score (nSPS) is 16.9. The van der Waals surface area contributed by atoms with Crippen LogP contribution < -0.4 is 5.32 Å². The molecule has 3 aromatic rings. The summed E-state index contributed by atoms with van der Waals surface area (Å²) in [6.45, 7) is 2.11. The summed E-state index contributed by atoms with van der Waals surface area (Å²) < 4.78 is 33.3. The molecule has 1 atom stereocenters. The average molecular weight is 378 g/mol. The molecule has 0 amide bonds. The van der Waals surface area contributed by atoms with E-state index in [9.17, 15) is 8.78 Å². The van der Waals surface area contributed by atoms with Crippen molar-refractivity contribution in [2.24, 2.45) is 0 Å². The van der Waals surface area contributed by atoms with Gasteiger partial charge in [0.15, 0.2) is 0 Å². The Bertz CT molecular complexity index is 877. The van der Waals surface area contributed by atoms with Gasteiger partial charge in [-0.15, -0.1) is 12.4 Å². The second kappa shape index (κ2) is 7.95. The van der Waals surface area contributed by atoms with Gasteiger partial charge in [-0.05, 0) is 53.6 Å². The molecular formula is C19H18ClF2N3O. The molecule has 2 aromatic carbocycles. The zero-order valence-electron chi connectivity index (χ0n) is 13.8. The van der Waals surface area contributed by atoms with Crippen LogP contribution in [0, 0.1) is 11.6 Å². The van der Waals surface area contributed by atoms with Crippen molar-refractivity contribution in [1.82, 2.24) is 15.5 Å². The van der Waals surface area contributed by atoms with Gasteiger partial charge in [0.2, 0.25) is 0 Å². The second-order valence-corrected chi connectivity index (χ2v) is 5.98. The summed E-state index contributed by atoms with van der Waals surface area (Å²) in [6, 6.07) is 12.9. The number of morpholine rings is 1. The summed E-state index contributed by atoms with van der Waals surface area (Å²) in [5, 5.41) is 10.3. The highest BCUT2D eigenvalue weighted by Crippen LogP contribution is 2.28. The maximum absolute atomic E-state index is 14.6. The Morgan fingerprint density at radius 1 is 1.04 bits per heavy atom. The first-order valence-electron chi connectivity index (χ1n) is 8.14. The molecule has 4 nitrogen and oxygen atoms in total. The molecule has 0 saturated carbocycles. The van der Waals surface area contributed by atoms with Crippen LogP contribution in [-0.2, 0) is 4.74 Å². The van der Waals surface area contributed by atoms with E-state index in [1.807, 2.05) is 6.07 Å². The number of hydrogen-bond donors (Lipinski definition) is 2. The van der Waals surface area contributed by atoms with Crippen molar-refractivity contribution in [2.45, 2.75) is 6.10 Å². The highest BCUT2D eigenvalue weighted by molar-refractivity contribution is 5.85. The molecule has 7 heteroatoms. The molecule has 1 unspecified atom stereocenters. The number of H-pyrrole nitrogens is 1. The van der Waals surface area contributed by atoms with Crippen LogP contribution in [-0.4, -0.2) is 29.9 Å². The maximum Gasteiger partial charge on any atom is 0.133 e. The molecule has 4 rings (SSSR count). The van der Waals surface area contributed by atoms with Crippen molar-refractivity contribution in [3.05, 3.63) is 65.7 Å². The van der Waals surface area contributed by atoms with Gasteiger partial charge in [-0.1, -0.05) is 6.07 Å². The van der Waals surface area contributed by atoms with Gasteiger partial charge in [0.05, 0.1) is 24.1 Å². The molecule has 0 aliphatic carbocycles. The molecule has 0 radical (unpaired) electrons. The summed E-state index contributed by atoms with van der Waals surface area (Å²) in [6.07, 6.45) is -0.133. The third kappa shape index (κ3) is 3.77. The van der Waals surface area contributed by atoms with Gasteiger partial charge in [0, 0.05) is 18.7 Å². The van der Waals surface area contributed by atoms with E-state index in [1.54, 1.807) is 24.3 Å². The predicted molar refractivity (Wildman–Crippen MR) is 98.2 cm³/mol. The minimum Gasteiger partial charge on any atom is -0.371 e. The van der Waals surface area contributed by atoms with Crippen molar-refractivity contribution in [3.63, 3.8) is 0 Å². The summed E-state index contributed by atoms with van der Waals surface area (Å²) >= 11 is 0. The van der Waals surface area contributed by atoms with Crippen molar-refractivity contribution >= 4 is 12.4 Å². The molecule has 0 spiro atoms. The zero-order valence-corrected chi connectivity index (χ0v) is 14.7. The highest BCUT2D eigenvalue weighted by Gasteiger charge is 2.18. The standard InChI is InChI=1S/C19H17F2N3O.ClH/c20-14-4-1-12(2-5-14)17-10-18(24-23-17)15-6-3-13(9-16(15)21)19-11-22-7-8-25-19;/h1-6,9-10,19,22H,7-8,11H2,(H,23,24);1H. The van der Waals surface area contributed by atoms with Crippen LogP contribution in [0.15, 0.2) is 48.5 Å². The molecule has 1 fully saturated rings. The highest BCUT2D eigenvalue weighted by atomic mass is 35.5. The number of halogens is 3. The van der Waals surface area contributed by atoms with Crippen molar-refractivity contribution in [3.8, 4) is 22.5 Å². The first-order chi connectivity index (χ1) is 12.2. The summed E-state index contributed by atoms with van der Waals surface area (Å²) in [7, 11) is 0. The van der Waals surface area contributed by atoms with E-state index in [0.29, 0.717) is 30.1 Å². The number of nitrogens with zero attached hydrogens (tertiary/aromatic N) is 1. The Labute approximate surface area is 156 Å². The summed E-state index contributed by atoms with van der Waals surface area (Å²) in [4.78, 5) is 0. The number of ether oxygens (including phenoxy) is 1. The average Bonchev–Trinajstić information content (AvgIpc) is 3.13. The van der Waals surface area contributed by atoms with Crippen LogP contribution in [0.2, 0.25) is 0 Å². The van der Waals surface area contributed by atoms with Gasteiger partial charge in [-0.3, -0.25) is 5.10 Å². The fraction of sp³-hybridized carbons (Fsp3) is 0.211. The lowest BCUT2D eigenvalue weighted by Gasteiger charge is -2.24. The van der Waals surface area contributed by atoms with Crippen LogP contribution in [0.4, 0.5) is 8.78 Å². The van der Waals surface area contributed by atoms with Gasteiger partial charge in [-0.2, -0.15) is 5.10 Å². The van der Waals surface area contributed by atoms with Crippen LogP contribution in [0.3, 0.4) is 0 Å². The molecule has 1 aliphatic heterocycles. The van der Waals surface area contributed by atoms with Crippen molar-refractivity contribution in [1.29, 1.82) is 0 Å². The predicted octanol–water partition coefficient (Wildman–Crippen LogP) is 4.10. The first-order valence-corrected chi connectivity index (χ1v) is 8.14. The van der Waals surface area contributed by atoms with Crippen molar-refractivity contribution in [2.75, 3.05) is 19.7 Å². The lowest BCUT2D eigenvalue weighted by molar-refractivity contribution is 0.0275. The van der Waals surface area contributed by atoms with E-state index in [2.05, 4.69) is 15.5 Å². The lowest BCUT2D eigenvalue weighted by atomic mass is 10.0. The Balaban J connectivity index is 0.00000196.